The highest BCUT2D eigenvalue weighted by atomic mass is 79.9. The number of nitrogens with zero attached hydrogens (tertiary/aromatic N) is 20. The number of rotatable bonds is 20. The van der Waals surface area contributed by atoms with Crippen molar-refractivity contribution in [2.75, 3.05) is 26.6 Å². The van der Waals surface area contributed by atoms with Gasteiger partial charge in [-0.25, -0.2) is 33.7 Å². The van der Waals surface area contributed by atoms with Crippen LogP contribution in [0.2, 0.25) is 5.02 Å². The summed E-state index contributed by atoms with van der Waals surface area (Å²) in [4.78, 5) is 35.5. The smallest absolute Gasteiger partial charge is 0.227 e. The second-order valence-electron chi connectivity index (χ2n) is 27.3. The van der Waals surface area contributed by atoms with Crippen molar-refractivity contribution in [1.82, 2.24) is 87.9 Å². The molecule has 0 amide bonds. The summed E-state index contributed by atoms with van der Waals surface area (Å²) in [6.07, 6.45) is 25.4. The lowest BCUT2D eigenvalue weighted by molar-refractivity contribution is -0.905. The molecule has 19 aromatic rings. The highest BCUT2D eigenvalue weighted by Crippen LogP contribution is 2.34. The number of fused-ring (bicyclic) bond motifs is 5. The number of pyridine rings is 5. The van der Waals surface area contributed by atoms with Crippen LogP contribution in [0.1, 0.15) is 53.3 Å². The van der Waals surface area contributed by atoms with Crippen molar-refractivity contribution < 1.29 is 23.4 Å². The highest BCUT2D eigenvalue weighted by molar-refractivity contribution is 9.11. The molecule has 122 heavy (non-hydrogen) atoms. The molecule has 0 saturated carbocycles. The number of nitrogens with one attached hydrogen (secondary N) is 5. The third-order valence-electron chi connectivity index (χ3n) is 18.5. The maximum Gasteiger partial charge on any atom is 0.227 e. The van der Waals surface area contributed by atoms with Gasteiger partial charge in [-0.15, -0.1) is 0 Å². The third-order valence-corrected chi connectivity index (χ3v) is 21.6. The van der Waals surface area contributed by atoms with Crippen LogP contribution in [0.15, 0.2) is 309 Å². The van der Waals surface area contributed by atoms with Crippen LogP contribution in [0.4, 0.5) is 37.9 Å². The summed E-state index contributed by atoms with van der Waals surface area (Å²) < 4.78 is 42.8. The molecule has 0 aliphatic carbocycles. The van der Waals surface area contributed by atoms with Gasteiger partial charge >= 0.3 is 0 Å². The molecule has 15 heterocycles. The monoisotopic (exact) mass is 1960 g/mol. The van der Waals surface area contributed by atoms with Gasteiger partial charge < -0.3 is 31.8 Å². The van der Waals surface area contributed by atoms with Crippen molar-refractivity contribution in [3.05, 3.63) is 365 Å². The van der Waals surface area contributed by atoms with Crippen LogP contribution in [-0.4, -0.2) is 93.1 Å². The van der Waals surface area contributed by atoms with Gasteiger partial charge in [0.25, 0.3) is 0 Å². The van der Waals surface area contributed by atoms with Crippen molar-refractivity contribution in [1.29, 1.82) is 0 Å². The summed E-state index contributed by atoms with van der Waals surface area (Å²) in [7, 11) is 0. The molecule has 0 radical (unpaired) electrons. The number of hydrogen-bond acceptors (Lipinski definition) is 20. The average Bonchev–Trinajstić information content (AvgIpc) is 1.59. The molecule has 19 rings (SSSR count). The maximum atomic E-state index is 14.2. The Balaban J connectivity index is 0.000000119. The van der Waals surface area contributed by atoms with E-state index in [0.29, 0.717) is 87.8 Å². The van der Waals surface area contributed by atoms with Gasteiger partial charge in [-0.05, 0) is 163 Å². The second-order valence-corrected chi connectivity index (χ2v) is 32.0. The first-order chi connectivity index (χ1) is 59.4. The topological polar surface area (TPSA) is 301 Å². The molecule has 15 aromatic heterocycles. The molecule has 610 valence electrons. The van der Waals surface area contributed by atoms with E-state index in [1.807, 2.05) is 134 Å². The molecule has 0 aliphatic rings. The van der Waals surface area contributed by atoms with Crippen molar-refractivity contribution in [2.45, 2.75) is 52.5 Å². The minimum Gasteiger partial charge on any atom is -0.619 e. The standard InChI is InChI=1S/C18H13BrClN5.C18H14BrFN5O.C18H13BrFN5.C18H14BrN5.C15H16BrN5O/c19-14-11-23-25-17(22-10-12-4-3-7-21-9-12)8-16(24-18(14)25)13-5-1-2-6-15(13)20;19-14-10-22-25-17(21-9-12-4-3-7-24(26)11-12)8-16(23-18(14)25)13-5-1-2-6-15(13)20;19-14-11-23-25-17(22-10-12-4-3-7-21-9-12)8-16(24-18(14)25)13-5-1-2-6-15(13)20;19-15-12-22-24-17(21-11-13-5-4-8-20-10-13)9-16(23-18(15)24)14-6-2-1-3-7-14;1-10(2)13-6-14(21-15(19-13)12(16)8-18-21)17-7-11-4-3-5-20(22)9-11/h1-9,11,22H,10H2;1-8,10-11,21,26H,9H2;1-9,11,22H,10H2;1-10,12,21H,11H2;3-6,8-10,17H,7H2,1-2H3/q;+1;;;. The lowest BCUT2D eigenvalue weighted by Crippen LogP contribution is -2.29. The summed E-state index contributed by atoms with van der Waals surface area (Å²) >= 11 is 23.7. The Labute approximate surface area is 742 Å². The number of aromatic nitrogens is 20. The number of benzene rings is 4. The average molecular weight is 1970 g/mol. The van der Waals surface area contributed by atoms with E-state index in [1.54, 1.807) is 151 Å². The van der Waals surface area contributed by atoms with Gasteiger partial charge in [-0.2, -0.15) is 52.8 Å². The molecular weight excluding hydrogens is 1900 g/mol. The predicted molar refractivity (Wildman–Crippen MR) is 483 cm³/mol. The molecule has 0 unspecified atom stereocenters. The normalized spacial score (nSPS) is 11.0. The Bertz CT molecular complexity index is 6670. The Hall–Kier alpha value is -13.1. The minimum absolute atomic E-state index is 0.312. The Morgan fingerprint density at radius 1 is 0.377 bits per heavy atom. The zero-order valence-corrected chi connectivity index (χ0v) is 73.3. The van der Waals surface area contributed by atoms with Crippen molar-refractivity contribution in [3.63, 3.8) is 0 Å². The molecule has 35 heteroatoms. The first kappa shape index (κ1) is 83.9. The van der Waals surface area contributed by atoms with Gasteiger partial charge in [0, 0.05) is 161 Å². The van der Waals surface area contributed by atoms with Crippen LogP contribution < -0.4 is 36.0 Å². The molecule has 27 nitrogen and oxygen atoms in total. The van der Waals surface area contributed by atoms with Crippen LogP contribution in [0.5, 0.6) is 0 Å². The predicted octanol–water partition coefficient (Wildman–Crippen LogP) is 19.6. The van der Waals surface area contributed by atoms with Crippen molar-refractivity contribution in [2.24, 2.45) is 0 Å². The fourth-order valence-electron chi connectivity index (χ4n) is 12.5. The van der Waals surface area contributed by atoms with E-state index in [2.05, 4.69) is 175 Å². The van der Waals surface area contributed by atoms with E-state index in [-0.39, 0.29) is 11.6 Å². The quantitative estimate of drug-likeness (QED) is 0.0235. The summed E-state index contributed by atoms with van der Waals surface area (Å²) in [5, 5.41) is 60.0. The summed E-state index contributed by atoms with van der Waals surface area (Å²) in [6, 6.07) is 59.4. The van der Waals surface area contributed by atoms with Gasteiger partial charge in [-0.1, -0.05) is 116 Å². The lowest BCUT2D eigenvalue weighted by Gasteiger charge is -2.12. The van der Waals surface area contributed by atoms with Gasteiger partial charge in [-0.3, -0.25) is 20.2 Å². The Morgan fingerprint density at radius 3 is 1.10 bits per heavy atom. The van der Waals surface area contributed by atoms with E-state index in [0.717, 1.165) is 124 Å². The zero-order valence-electron chi connectivity index (χ0n) is 64.6. The Morgan fingerprint density at radius 2 is 0.713 bits per heavy atom. The summed E-state index contributed by atoms with van der Waals surface area (Å²) in [6.45, 7) is 7.06. The largest absolute Gasteiger partial charge is 0.619 e. The zero-order chi connectivity index (χ0) is 84.6. The van der Waals surface area contributed by atoms with E-state index in [9.17, 15) is 19.2 Å². The van der Waals surface area contributed by atoms with Crippen LogP contribution in [-0.2, 0) is 32.7 Å². The number of halogens is 8. The fraction of sp³-hybridized carbons (Fsp3) is 0.0920. The van der Waals surface area contributed by atoms with E-state index >= 15 is 0 Å². The number of anilines is 5. The van der Waals surface area contributed by atoms with Crippen LogP contribution in [0.3, 0.4) is 0 Å². The van der Waals surface area contributed by atoms with Gasteiger partial charge in [0.05, 0.1) is 76.1 Å². The molecule has 0 spiro atoms. The molecule has 0 saturated heterocycles. The van der Waals surface area contributed by atoms with Crippen LogP contribution in [0, 0.1) is 16.8 Å². The lowest BCUT2D eigenvalue weighted by atomic mass is 10.1. The van der Waals surface area contributed by atoms with Gasteiger partial charge in [0.15, 0.2) is 40.6 Å². The SMILES string of the molecule is Brc1cnn2c(NCc3cccnc3)cc(-c3ccccc3)nc12.CC(C)c1cc(NCc2ccc[n+]([O-])c2)n2ncc(Br)c2n1.Clc1ccccc1-c1cc(NCc2cccnc2)n2ncc(Br)c2n1.Fc1ccccc1-c1cc(NCc2cccnc2)n2ncc(Br)c2n1.O[n+]1cccc(CNc2cc(-c3ccccc3F)nc3c(Br)cnn23)c1. The fourth-order valence-corrected chi connectivity index (χ4v) is 14.5. The molecule has 0 fully saturated rings. The summed E-state index contributed by atoms with van der Waals surface area (Å²) in [5.41, 5.74) is 15.0. The van der Waals surface area contributed by atoms with Crippen LogP contribution in [0.25, 0.3) is 73.3 Å². The molecular formula is C87H70Br5ClF2N25O2+. The Kier molecular flexibility index (Phi) is 27.1. The van der Waals surface area contributed by atoms with E-state index in [1.165, 1.54) is 24.5 Å². The number of hydrogen-bond donors (Lipinski definition) is 6. The molecule has 4 aromatic carbocycles. The molecule has 0 aliphatic heterocycles. The maximum absolute atomic E-state index is 14.2. The van der Waals surface area contributed by atoms with Crippen molar-refractivity contribution >= 4 is 149 Å². The molecule has 0 atom stereocenters. The van der Waals surface area contributed by atoms with Gasteiger partial charge in [0.2, 0.25) is 12.4 Å². The third kappa shape index (κ3) is 20.5. The van der Waals surface area contributed by atoms with Crippen LogP contribution >= 0.6 is 91.3 Å². The first-order valence-corrected chi connectivity index (χ1v) is 42.0. The van der Waals surface area contributed by atoms with E-state index < -0.39 is 0 Å². The van der Waals surface area contributed by atoms with E-state index in [4.69, 9.17) is 21.6 Å². The van der Waals surface area contributed by atoms with Crippen molar-refractivity contribution in [3.8, 4) is 45.0 Å². The highest BCUT2D eigenvalue weighted by Gasteiger charge is 2.20. The molecule has 6 N–H and O–H groups in total. The molecule has 0 bridgehead atoms. The second kappa shape index (κ2) is 39.4. The first-order valence-electron chi connectivity index (χ1n) is 37.7. The summed E-state index contributed by atoms with van der Waals surface area (Å²) in [5.74, 6) is 3.60. The van der Waals surface area contributed by atoms with Gasteiger partial charge in [0.1, 0.15) is 40.7 Å². The minimum atomic E-state index is -0.338.